The van der Waals surface area contributed by atoms with E-state index in [2.05, 4.69) is 25.1 Å². The number of H-pyrrole nitrogens is 2. The predicted molar refractivity (Wildman–Crippen MR) is 119 cm³/mol. The first kappa shape index (κ1) is 20.7. The third-order valence-corrected chi connectivity index (χ3v) is 5.34. The molecule has 0 fully saturated rings. The summed E-state index contributed by atoms with van der Waals surface area (Å²) in [5.74, 6) is 1.37. The molecular weight excluding hydrogens is 392 g/mol. The molecule has 3 heterocycles. The van der Waals surface area contributed by atoms with Crippen LogP contribution in [0.15, 0.2) is 48.8 Å². The number of methoxy groups -OCH3 is 1. The number of aromatic nitrogens is 5. The van der Waals surface area contributed by atoms with Crippen LogP contribution in [0.3, 0.4) is 0 Å². The summed E-state index contributed by atoms with van der Waals surface area (Å²) in [6.07, 6.45) is 7.35. The lowest BCUT2D eigenvalue weighted by Crippen LogP contribution is -2.12. The Morgan fingerprint density at radius 3 is 2.87 bits per heavy atom. The number of ketones is 1. The molecule has 0 saturated heterocycles. The van der Waals surface area contributed by atoms with Gasteiger partial charge in [-0.15, -0.1) is 0 Å². The van der Waals surface area contributed by atoms with Crippen molar-refractivity contribution in [2.24, 2.45) is 5.73 Å². The highest BCUT2D eigenvalue weighted by Gasteiger charge is 2.15. The zero-order chi connectivity index (χ0) is 21.6. The molecule has 1 aromatic carbocycles. The summed E-state index contributed by atoms with van der Waals surface area (Å²) in [4.78, 5) is 24.4. The summed E-state index contributed by atoms with van der Waals surface area (Å²) in [5.41, 5.74) is 9.47. The molecular formula is C23H26N6O2. The number of Topliss-reactive ketones (excluding diaryl/α,β-unsaturated/α-hetero) is 1. The lowest BCUT2D eigenvalue weighted by Gasteiger charge is -2.10. The SMILES string of the molecule is COc1nc2ccccc2cc1-c1cnc([C@@H](N)CCCCCC(=O)c2ccn[nH]2)[nH]1. The molecule has 0 saturated carbocycles. The zero-order valence-electron chi connectivity index (χ0n) is 17.5. The number of ether oxygens (including phenoxy) is 1. The Labute approximate surface area is 180 Å². The van der Waals surface area contributed by atoms with Crippen molar-refractivity contribution in [2.45, 2.75) is 38.1 Å². The Balaban J connectivity index is 1.34. The number of nitrogens with one attached hydrogen (secondary N) is 2. The third kappa shape index (κ3) is 4.80. The van der Waals surface area contributed by atoms with E-state index in [4.69, 9.17) is 10.5 Å². The van der Waals surface area contributed by atoms with Crippen molar-refractivity contribution < 1.29 is 9.53 Å². The Morgan fingerprint density at radius 2 is 2.06 bits per heavy atom. The standard InChI is InChI=1S/C23H26N6O2/c1-31-23-16(13-15-7-5-6-9-18(15)28-23)20-14-25-22(27-20)17(24)8-3-2-4-10-21(30)19-11-12-26-29-19/h5-7,9,11-14,17H,2-4,8,10,24H2,1H3,(H,25,27)(H,26,29)/t17-/m0/s1. The van der Waals surface area contributed by atoms with Crippen LogP contribution >= 0.6 is 0 Å². The molecule has 8 heteroatoms. The van der Waals surface area contributed by atoms with Gasteiger partial charge in [0.2, 0.25) is 5.88 Å². The van der Waals surface area contributed by atoms with Crippen LogP contribution in [0.5, 0.6) is 5.88 Å². The number of fused-ring (bicyclic) bond motifs is 1. The summed E-state index contributed by atoms with van der Waals surface area (Å²) in [6.45, 7) is 0. The normalized spacial score (nSPS) is 12.2. The van der Waals surface area contributed by atoms with E-state index in [0.29, 0.717) is 18.0 Å². The van der Waals surface area contributed by atoms with Gasteiger partial charge in [-0.05, 0) is 31.0 Å². The Kier molecular flexibility index (Phi) is 6.37. The van der Waals surface area contributed by atoms with Crippen molar-refractivity contribution in [1.82, 2.24) is 25.1 Å². The first-order valence-corrected chi connectivity index (χ1v) is 10.4. The number of nitrogens with zero attached hydrogens (tertiary/aromatic N) is 3. The zero-order valence-corrected chi connectivity index (χ0v) is 17.5. The molecule has 0 unspecified atom stereocenters. The van der Waals surface area contributed by atoms with Gasteiger partial charge in [-0.2, -0.15) is 5.10 Å². The highest BCUT2D eigenvalue weighted by molar-refractivity contribution is 5.94. The van der Waals surface area contributed by atoms with Crippen LogP contribution in [-0.4, -0.2) is 38.0 Å². The number of hydrogen-bond acceptors (Lipinski definition) is 6. The van der Waals surface area contributed by atoms with Crippen molar-refractivity contribution in [3.05, 3.63) is 60.3 Å². The lowest BCUT2D eigenvalue weighted by molar-refractivity contribution is 0.0974. The number of pyridine rings is 1. The second-order valence-electron chi connectivity index (χ2n) is 7.52. The molecule has 4 rings (SSSR count). The second-order valence-corrected chi connectivity index (χ2v) is 7.52. The summed E-state index contributed by atoms with van der Waals surface area (Å²) in [6, 6.07) is 11.5. The van der Waals surface area contributed by atoms with Crippen molar-refractivity contribution >= 4 is 16.7 Å². The van der Waals surface area contributed by atoms with E-state index in [1.54, 1.807) is 25.6 Å². The fourth-order valence-electron chi connectivity index (χ4n) is 3.62. The number of unbranched alkanes of at least 4 members (excludes halogenated alkanes) is 2. The van der Waals surface area contributed by atoms with Crippen molar-refractivity contribution in [3.8, 4) is 17.1 Å². The van der Waals surface area contributed by atoms with Crippen molar-refractivity contribution in [3.63, 3.8) is 0 Å². The number of rotatable bonds is 10. The molecule has 0 aliphatic heterocycles. The molecule has 160 valence electrons. The smallest absolute Gasteiger partial charge is 0.223 e. The van der Waals surface area contributed by atoms with Gasteiger partial charge in [-0.25, -0.2) is 9.97 Å². The summed E-state index contributed by atoms with van der Waals surface area (Å²) >= 11 is 0. The number of carbonyl (C=O) groups is 1. The van der Waals surface area contributed by atoms with Gasteiger partial charge in [0.1, 0.15) is 11.5 Å². The Morgan fingerprint density at radius 1 is 1.19 bits per heavy atom. The van der Waals surface area contributed by atoms with Crippen molar-refractivity contribution in [1.29, 1.82) is 0 Å². The Bertz CT molecular complexity index is 1150. The third-order valence-electron chi connectivity index (χ3n) is 5.34. The molecule has 0 aliphatic rings. The van der Waals surface area contributed by atoms with E-state index < -0.39 is 0 Å². The van der Waals surface area contributed by atoms with Crippen LogP contribution in [0.25, 0.3) is 22.2 Å². The number of para-hydroxylation sites is 1. The van der Waals surface area contributed by atoms with E-state index in [0.717, 1.165) is 53.7 Å². The molecule has 8 nitrogen and oxygen atoms in total. The molecule has 1 atom stereocenters. The largest absolute Gasteiger partial charge is 0.480 e. The topological polar surface area (TPSA) is 123 Å². The monoisotopic (exact) mass is 418 g/mol. The molecule has 0 bridgehead atoms. The summed E-state index contributed by atoms with van der Waals surface area (Å²) in [5, 5.41) is 7.55. The molecule has 0 radical (unpaired) electrons. The van der Waals surface area contributed by atoms with Gasteiger partial charge in [0, 0.05) is 18.0 Å². The van der Waals surface area contributed by atoms with Crippen LogP contribution in [0.1, 0.15) is 54.5 Å². The van der Waals surface area contributed by atoms with Gasteiger partial charge in [-0.1, -0.05) is 31.0 Å². The van der Waals surface area contributed by atoms with E-state index in [9.17, 15) is 4.79 Å². The fourth-order valence-corrected chi connectivity index (χ4v) is 3.62. The van der Waals surface area contributed by atoms with Gasteiger partial charge in [-0.3, -0.25) is 9.89 Å². The Hall–Kier alpha value is -3.52. The average molecular weight is 419 g/mol. The lowest BCUT2D eigenvalue weighted by atomic mass is 10.1. The maximum Gasteiger partial charge on any atom is 0.223 e. The molecule has 0 spiro atoms. The predicted octanol–water partition coefficient (Wildman–Crippen LogP) is 4.19. The van der Waals surface area contributed by atoms with Crippen LogP contribution in [0, 0.1) is 0 Å². The van der Waals surface area contributed by atoms with Crippen LogP contribution in [0.2, 0.25) is 0 Å². The number of nitrogens with two attached hydrogens (primary N) is 1. The number of hydrogen-bond donors (Lipinski definition) is 3. The number of carbonyl (C=O) groups excluding carboxylic acids is 1. The molecule has 3 aromatic heterocycles. The molecule has 4 N–H and O–H groups in total. The number of imidazole rings is 1. The summed E-state index contributed by atoms with van der Waals surface area (Å²) < 4.78 is 5.49. The molecule has 0 aliphatic carbocycles. The van der Waals surface area contributed by atoms with Gasteiger partial charge < -0.3 is 15.5 Å². The van der Waals surface area contributed by atoms with Gasteiger partial charge in [0.15, 0.2) is 5.78 Å². The van der Waals surface area contributed by atoms with Crippen LogP contribution in [-0.2, 0) is 0 Å². The second kappa shape index (κ2) is 9.53. The minimum Gasteiger partial charge on any atom is -0.480 e. The van der Waals surface area contributed by atoms with Gasteiger partial charge in [0.05, 0.1) is 36.1 Å². The summed E-state index contributed by atoms with van der Waals surface area (Å²) in [7, 11) is 1.61. The van der Waals surface area contributed by atoms with E-state index >= 15 is 0 Å². The molecule has 0 amide bonds. The average Bonchev–Trinajstić information content (AvgIpc) is 3.50. The highest BCUT2D eigenvalue weighted by atomic mass is 16.5. The van der Waals surface area contributed by atoms with Gasteiger partial charge in [0.25, 0.3) is 0 Å². The van der Waals surface area contributed by atoms with E-state index in [1.807, 2.05) is 30.3 Å². The highest BCUT2D eigenvalue weighted by Crippen LogP contribution is 2.31. The number of aromatic amines is 2. The fraction of sp³-hybridized carbons (Fsp3) is 0.304. The first-order chi connectivity index (χ1) is 15.2. The maximum absolute atomic E-state index is 12.0. The minimum atomic E-state index is -0.198. The van der Waals surface area contributed by atoms with E-state index in [1.165, 1.54) is 0 Å². The van der Waals surface area contributed by atoms with Gasteiger partial charge >= 0.3 is 0 Å². The first-order valence-electron chi connectivity index (χ1n) is 10.4. The number of benzene rings is 1. The minimum absolute atomic E-state index is 0.0930. The molecule has 4 aromatic rings. The quantitative estimate of drug-likeness (QED) is 0.262. The van der Waals surface area contributed by atoms with Crippen molar-refractivity contribution in [2.75, 3.05) is 7.11 Å². The van der Waals surface area contributed by atoms with Crippen LogP contribution < -0.4 is 10.5 Å². The maximum atomic E-state index is 12.0. The van der Waals surface area contributed by atoms with Crippen LogP contribution in [0.4, 0.5) is 0 Å². The van der Waals surface area contributed by atoms with E-state index in [-0.39, 0.29) is 11.8 Å². The molecule has 31 heavy (non-hydrogen) atoms.